The topological polar surface area (TPSA) is 104 Å². The Morgan fingerprint density at radius 1 is 0.674 bits per heavy atom. The molecule has 0 spiro atoms. The fourth-order valence-corrected chi connectivity index (χ4v) is 4.98. The van der Waals surface area contributed by atoms with Gasteiger partial charge < -0.3 is 10.4 Å². The van der Waals surface area contributed by atoms with E-state index < -0.39 is 28.0 Å². The van der Waals surface area contributed by atoms with Crippen LogP contribution in [0.3, 0.4) is 0 Å². The van der Waals surface area contributed by atoms with Gasteiger partial charge in [0.05, 0.1) is 17.9 Å². The third kappa shape index (κ3) is 30.8. The van der Waals surface area contributed by atoms with Crippen molar-refractivity contribution in [3.63, 3.8) is 0 Å². The maximum absolute atomic E-state index is 12.4. The molecule has 7 heteroatoms. The van der Waals surface area contributed by atoms with Crippen molar-refractivity contribution >= 4 is 16.0 Å². The molecule has 0 heterocycles. The molecule has 0 aliphatic rings. The molecule has 0 aromatic heterocycles. The maximum Gasteiger partial charge on any atom is 0.267 e. The molecule has 0 aromatic rings. The summed E-state index contributed by atoms with van der Waals surface area (Å²) in [5.41, 5.74) is 0. The predicted molar refractivity (Wildman–Crippen MR) is 184 cm³/mol. The lowest BCUT2D eigenvalue weighted by Gasteiger charge is -2.21. The smallest absolute Gasteiger partial charge is 0.267 e. The molecule has 0 aliphatic carbocycles. The lowest BCUT2D eigenvalue weighted by Crippen LogP contribution is -2.46. The average molecular weight is 618 g/mol. The molecule has 0 rings (SSSR count). The van der Waals surface area contributed by atoms with E-state index in [1.807, 2.05) is 13.0 Å². The van der Waals surface area contributed by atoms with Crippen LogP contribution < -0.4 is 5.32 Å². The molecule has 43 heavy (non-hydrogen) atoms. The largest absolute Gasteiger partial charge is 0.387 e. The van der Waals surface area contributed by atoms with Crippen LogP contribution in [0.2, 0.25) is 0 Å². The molecule has 0 saturated carbocycles. The minimum atomic E-state index is -4.36. The van der Waals surface area contributed by atoms with Crippen LogP contribution in [0.25, 0.3) is 0 Å². The Bertz CT molecular complexity index is 989. The van der Waals surface area contributed by atoms with E-state index >= 15 is 0 Å². The second kappa shape index (κ2) is 29.6. The molecule has 0 fully saturated rings. The predicted octanol–water partition coefficient (Wildman–Crippen LogP) is 8.89. The van der Waals surface area contributed by atoms with Crippen LogP contribution in [-0.4, -0.2) is 41.9 Å². The van der Waals surface area contributed by atoms with E-state index in [-0.39, 0.29) is 12.3 Å². The van der Waals surface area contributed by atoms with Gasteiger partial charge in [-0.05, 0) is 77.6 Å². The number of nitrogens with one attached hydrogen (secondary N) is 1. The minimum Gasteiger partial charge on any atom is -0.387 e. The molecule has 0 bridgehead atoms. The molecular formula is C36H59NO5S. The maximum atomic E-state index is 12.4. The van der Waals surface area contributed by atoms with Crippen LogP contribution in [0.4, 0.5) is 0 Å². The van der Waals surface area contributed by atoms with Crippen molar-refractivity contribution in [2.24, 2.45) is 0 Å². The van der Waals surface area contributed by atoms with Gasteiger partial charge in [0.1, 0.15) is 0 Å². The van der Waals surface area contributed by atoms with Crippen molar-refractivity contribution in [1.29, 1.82) is 0 Å². The number of carbonyl (C=O) groups is 1. The Morgan fingerprint density at radius 3 is 1.74 bits per heavy atom. The summed E-state index contributed by atoms with van der Waals surface area (Å²) in [7, 11) is -4.36. The Hall–Kier alpha value is -2.48. The molecule has 1 amide bonds. The number of aliphatic hydroxyl groups excluding tert-OH is 1. The summed E-state index contributed by atoms with van der Waals surface area (Å²) in [6.45, 7) is 4.14. The van der Waals surface area contributed by atoms with Crippen LogP contribution in [0.5, 0.6) is 0 Å². The summed E-state index contributed by atoms with van der Waals surface area (Å²) in [5, 5.41) is 13.0. The summed E-state index contributed by atoms with van der Waals surface area (Å²) >= 11 is 0. The molecular weight excluding hydrogens is 558 g/mol. The van der Waals surface area contributed by atoms with Gasteiger partial charge in [-0.25, -0.2) is 0 Å². The molecule has 2 atom stereocenters. The highest BCUT2D eigenvalue weighted by molar-refractivity contribution is 7.85. The van der Waals surface area contributed by atoms with E-state index in [9.17, 15) is 22.9 Å². The normalized spacial score (nSPS) is 14.6. The van der Waals surface area contributed by atoms with Gasteiger partial charge in [0.25, 0.3) is 10.1 Å². The summed E-state index contributed by atoms with van der Waals surface area (Å²) < 4.78 is 32.2. The van der Waals surface area contributed by atoms with Gasteiger partial charge in [-0.1, -0.05) is 118 Å². The second-order valence-electron chi connectivity index (χ2n) is 10.7. The lowest BCUT2D eigenvalue weighted by atomic mass is 10.1. The number of allylic oxidation sites excluding steroid dienone is 13. The molecule has 0 aromatic carbocycles. The number of rotatable bonds is 27. The first-order valence-electron chi connectivity index (χ1n) is 16.3. The third-order valence-electron chi connectivity index (χ3n) is 6.63. The Morgan fingerprint density at radius 2 is 1.16 bits per heavy atom. The van der Waals surface area contributed by atoms with E-state index in [4.69, 9.17) is 0 Å². The quantitative estimate of drug-likeness (QED) is 0.0485. The summed E-state index contributed by atoms with van der Waals surface area (Å²) in [5.74, 6) is -1.04. The highest BCUT2D eigenvalue weighted by Gasteiger charge is 2.24. The van der Waals surface area contributed by atoms with E-state index in [0.29, 0.717) is 12.8 Å². The summed E-state index contributed by atoms with van der Waals surface area (Å²) in [6, 6.07) is -1.09. The number of unbranched alkanes of at least 4 members (excludes halogenated alkanes) is 8. The number of carbonyl (C=O) groups excluding carboxylic acids is 1. The van der Waals surface area contributed by atoms with Gasteiger partial charge in [-0.15, -0.1) is 0 Å². The van der Waals surface area contributed by atoms with Crippen molar-refractivity contribution in [2.45, 2.75) is 129 Å². The molecule has 0 aliphatic heterocycles. The summed E-state index contributed by atoms with van der Waals surface area (Å²) in [6.07, 6.45) is 43.0. The second-order valence-corrected chi connectivity index (χ2v) is 12.2. The average Bonchev–Trinajstić information content (AvgIpc) is 2.96. The molecule has 3 N–H and O–H groups in total. The van der Waals surface area contributed by atoms with E-state index in [1.165, 1.54) is 6.08 Å². The molecule has 244 valence electrons. The highest BCUT2D eigenvalue weighted by atomic mass is 32.2. The zero-order valence-electron chi connectivity index (χ0n) is 26.8. The standard InChI is InChI=1S/C36H59NO5S/c1-3-5-7-9-11-13-14-15-16-17-18-19-20-21-22-24-26-28-30-32-36(39)37-34(33-43(40,41)42)35(38)31-29-27-25-23-12-10-8-6-4-2/h4-7,11-13,15-16,18-19,23,29,31,34-35,38H,3,8-10,14,17,20-22,24-28,30,32-33H2,1-2H3,(H,37,39)(H,40,41,42)/b6-4+,7-5-,13-11-,16-15-,19-18-,23-12+,31-29+. The number of aliphatic hydroxyl groups is 1. The Balaban J connectivity index is 4.07. The van der Waals surface area contributed by atoms with Gasteiger partial charge in [-0.3, -0.25) is 9.35 Å². The number of hydrogen-bond donors (Lipinski definition) is 3. The van der Waals surface area contributed by atoms with Crippen LogP contribution in [0, 0.1) is 0 Å². The molecule has 0 saturated heterocycles. The zero-order valence-corrected chi connectivity index (χ0v) is 27.6. The van der Waals surface area contributed by atoms with E-state index in [1.54, 1.807) is 6.08 Å². The third-order valence-corrected chi connectivity index (χ3v) is 7.41. The van der Waals surface area contributed by atoms with E-state index in [0.717, 1.165) is 83.5 Å². The van der Waals surface area contributed by atoms with Crippen molar-refractivity contribution in [2.75, 3.05) is 5.75 Å². The zero-order chi connectivity index (χ0) is 31.9. The van der Waals surface area contributed by atoms with Gasteiger partial charge in [0.2, 0.25) is 5.91 Å². The van der Waals surface area contributed by atoms with E-state index in [2.05, 4.69) is 79.1 Å². The van der Waals surface area contributed by atoms with Crippen LogP contribution in [0.15, 0.2) is 85.1 Å². The SMILES string of the molecule is C/C=C/CC/C=C/CC/C=C/C(O)C(CS(=O)(=O)O)NC(=O)CCCCCCCC/C=C\C/C=C\C/C=C\C/C=C\CC. The Labute approximate surface area is 263 Å². The molecule has 2 unspecified atom stereocenters. The van der Waals surface area contributed by atoms with Crippen LogP contribution in [0.1, 0.15) is 117 Å². The lowest BCUT2D eigenvalue weighted by molar-refractivity contribution is -0.122. The van der Waals surface area contributed by atoms with Crippen molar-refractivity contribution in [3.05, 3.63) is 85.1 Å². The number of amides is 1. The first-order valence-corrected chi connectivity index (χ1v) is 17.9. The van der Waals surface area contributed by atoms with Crippen LogP contribution in [-0.2, 0) is 14.9 Å². The fourth-order valence-electron chi connectivity index (χ4n) is 4.24. The monoisotopic (exact) mass is 617 g/mol. The Kier molecular flexibility index (Phi) is 27.9. The first-order chi connectivity index (χ1) is 20.8. The first kappa shape index (κ1) is 40.5. The number of hydrogen-bond acceptors (Lipinski definition) is 4. The molecule has 6 nitrogen and oxygen atoms in total. The highest BCUT2D eigenvalue weighted by Crippen LogP contribution is 2.10. The fraction of sp³-hybridized carbons (Fsp3) is 0.583. The van der Waals surface area contributed by atoms with Crippen LogP contribution >= 0.6 is 0 Å². The van der Waals surface area contributed by atoms with Gasteiger partial charge in [0, 0.05) is 6.42 Å². The van der Waals surface area contributed by atoms with Crippen molar-refractivity contribution in [3.8, 4) is 0 Å². The molecule has 0 radical (unpaired) electrons. The minimum absolute atomic E-state index is 0.262. The van der Waals surface area contributed by atoms with Crippen molar-refractivity contribution < 1.29 is 22.9 Å². The van der Waals surface area contributed by atoms with Crippen molar-refractivity contribution in [1.82, 2.24) is 5.32 Å². The summed E-state index contributed by atoms with van der Waals surface area (Å²) in [4.78, 5) is 12.4. The van der Waals surface area contributed by atoms with Gasteiger partial charge in [0.15, 0.2) is 0 Å². The van der Waals surface area contributed by atoms with Gasteiger partial charge in [-0.2, -0.15) is 8.42 Å². The van der Waals surface area contributed by atoms with Gasteiger partial charge >= 0.3 is 0 Å².